The van der Waals surface area contributed by atoms with Crippen molar-refractivity contribution < 1.29 is 13.2 Å². The van der Waals surface area contributed by atoms with Crippen molar-refractivity contribution in [3.05, 3.63) is 48.5 Å². The predicted molar refractivity (Wildman–Crippen MR) is 99.5 cm³/mol. The topological polar surface area (TPSA) is 72.3 Å². The third-order valence-corrected chi connectivity index (χ3v) is 6.06. The molecule has 3 rings (SSSR count). The van der Waals surface area contributed by atoms with Crippen molar-refractivity contribution in [2.75, 3.05) is 12.8 Å². The SMILES string of the molecule is CS(=O)(=O)c1ccc(CC(=O)N2CCCCC2CCn2ccnc2)cc1. The number of hydrogen-bond acceptors (Lipinski definition) is 4. The Bertz CT molecular complexity index is 829. The van der Waals surface area contributed by atoms with Crippen LogP contribution in [0, 0.1) is 0 Å². The molecule has 7 heteroatoms. The fourth-order valence-corrected chi connectivity index (χ4v) is 4.11. The van der Waals surface area contributed by atoms with E-state index in [9.17, 15) is 13.2 Å². The number of amides is 1. The minimum absolute atomic E-state index is 0.118. The van der Waals surface area contributed by atoms with Crippen molar-refractivity contribution in [1.82, 2.24) is 14.5 Å². The number of imidazole rings is 1. The first-order valence-corrected chi connectivity index (χ1v) is 10.9. The third kappa shape index (κ3) is 4.72. The Labute approximate surface area is 154 Å². The van der Waals surface area contributed by atoms with Crippen LogP contribution in [0.25, 0.3) is 0 Å². The molecular formula is C19H25N3O3S. The number of carbonyl (C=O) groups excluding carboxylic acids is 1. The average molecular weight is 375 g/mol. The Morgan fingerprint density at radius 3 is 2.65 bits per heavy atom. The fourth-order valence-electron chi connectivity index (χ4n) is 3.48. The van der Waals surface area contributed by atoms with Gasteiger partial charge in [-0.3, -0.25) is 4.79 Å². The van der Waals surface area contributed by atoms with Gasteiger partial charge in [0.25, 0.3) is 0 Å². The van der Waals surface area contributed by atoms with Gasteiger partial charge in [-0.15, -0.1) is 0 Å². The van der Waals surface area contributed by atoms with Crippen LogP contribution in [-0.4, -0.2) is 47.6 Å². The third-order valence-electron chi connectivity index (χ3n) is 4.93. The molecule has 1 amide bonds. The molecule has 26 heavy (non-hydrogen) atoms. The van der Waals surface area contributed by atoms with E-state index in [0.717, 1.165) is 44.3 Å². The molecule has 1 aliphatic rings. The van der Waals surface area contributed by atoms with Crippen molar-refractivity contribution >= 4 is 15.7 Å². The predicted octanol–water partition coefficient (Wildman–Crippen LogP) is 2.30. The van der Waals surface area contributed by atoms with Gasteiger partial charge in [-0.2, -0.15) is 0 Å². The summed E-state index contributed by atoms with van der Waals surface area (Å²) < 4.78 is 25.1. The maximum atomic E-state index is 12.8. The van der Waals surface area contributed by atoms with Crippen LogP contribution >= 0.6 is 0 Å². The second kappa shape index (κ2) is 8.03. The van der Waals surface area contributed by atoms with Crippen LogP contribution in [0.3, 0.4) is 0 Å². The molecule has 1 unspecified atom stereocenters. The molecule has 2 heterocycles. The van der Waals surface area contributed by atoms with Crippen molar-refractivity contribution in [3.8, 4) is 0 Å². The molecular weight excluding hydrogens is 350 g/mol. The quantitative estimate of drug-likeness (QED) is 0.777. The molecule has 1 atom stereocenters. The summed E-state index contributed by atoms with van der Waals surface area (Å²) >= 11 is 0. The molecule has 1 aromatic heterocycles. The minimum atomic E-state index is -3.21. The van der Waals surface area contributed by atoms with Gasteiger partial charge in [-0.25, -0.2) is 13.4 Å². The summed E-state index contributed by atoms with van der Waals surface area (Å²) in [5.41, 5.74) is 0.848. The van der Waals surface area contributed by atoms with E-state index in [4.69, 9.17) is 0 Å². The summed E-state index contributed by atoms with van der Waals surface area (Å²) in [4.78, 5) is 19.2. The molecule has 1 aromatic carbocycles. The van der Waals surface area contributed by atoms with E-state index >= 15 is 0 Å². The molecule has 1 saturated heterocycles. The molecule has 140 valence electrons. The lowest BCUT2D eigenvalue weighted by Gasteiger charge is -2.36. The van der Waals surface area contributed by atoms with E-state index < -0.39 is 9.84 Å². The highest BCUT2D eigenvalue weighted by Gasteiger charge is 2.26. The zero-order valence-corrected chi connectivity index (χ0v) is 15.9. The Hall–Kier alpha value is -2.15. The van der Waals surface area contributed by atoms with Crippen molar-refractivity contribution in [2.45, 2.75) is 49.6 Å². The Balaban J connectivity index is 1.62. The van der Waals surface area contributed by atoms with E-state index in [0.29, 0.717) is 6.42 Å². The molecule has 0 radical (unpaired) electrons. The van der Waals surface area contributed by atoms with Gasteiger partial charge in [0.1, 0.15) is 0 Å². The monoisotopic (exact) mass is 375 g/mol. The highest BCUT2D eigenvalue weighted by molar-refractivity contribution is 7.90. The number of aromatic nitrogens is 2. The molecule has 0 saturated carbocycles. The lowest BCUT2D eigenvalue weighted by Crippen LogP contribution is -2.44. The number of piperidine rings is 1. The zero-order valence-electron chi connectivity index (χ0n) is 15.0. The van der Waals surface area contributed by atoms with E-state index in [1.807, 2.05) is 15.7 Å². The molecule has 0 aliphatic carbocycles. The van der Waals surface area contributed by atoms with Gasteiger partial charge >= 0.3 is 0 Å². The highest BCUT2D eigenvalue weighted by atomic mass is 32.2. The second-order valence-corrected chi connectivity index (χ2v) is 8.93. The number of sulfone groups is 1. The smallest absolute Gasteiger partial charge is 0.227 e. The summed E-state index contributed by atoms with van der Waals surface area (Å²) in [5, 5.41) is 0. The largest absolute Gasteiger partial charge is 0.339 e. The summed E-state index contributed by atoms with van der Waals surface area (Å²) in [6.45, 7) is 1.66. The van der Waals surface area contributed by atoms with Crippen molar-refractivity contribution in [1.29, 1.82) is 0 Å². The summed E-state index contributed by atoms with van der Waals surface area (Å²) in [6, 6.07) is 6.88. The van der Waals surface area contributed by atoms with Crippen LogP contribution in [0.4, 0.5) is 0 Å². The van der Waals surface area contributed by atoms with Crippen LogP contribution in [-0.2, 0) is 27.6 Å². The molecule has 0 bridgehead atoms. The lowest BCUT2D eigenvalue weighted by atomic mass is 9.98. The number of benzene rings is 1. The average Bonchev–Trinajstić information content (AvgIpc) is 3.13. The molecule has 6 nitrogen and oxygen atoms in total. The maximum Gasteiger partial charge on any atom is 0.227 e. The maximum absolute atomic E-state index is 12.8. The van der Waals surface area contributed by atoms with Gasteiger partial charge in [0.05, 0.1) is 17.6 Å². The number of likely N-dealkylation sites (tertiary alicyclic amines) is 1. The first-order chi connectivity index (χ1) is 12.4. The molecule has 0 N–H and O–H groups in total. The summed E-state index contributed by atoms with van der Waals surface area (Å²) in [5.74, 6) is 0.118. The van der Waals surface area contributed by atoms with E-state index in [-0.39, 0.29) is 16.8 Å². The molecule has 0 spiro atoms. The number of nitrogens with zero attached hydrogens (tertiary/aromatic N) is 3. The normalized spacial score (nSPS) is 18.0. The van der Waals surface area contributed by atoms with Crippen LogP contribution in [0.1, 0.15) is 31.2 Å². The van der Waals surface area contributed by atoms with Gasteiger partial charge in [0.2, 0.25) is 5.91 Å². The number of rotatable bonds is 6. The van der Waals surface area contributed by atoms with Crippen molar-refractivity contribution in [3.63, 3.8) is 0 Å². The number of aryl methyl sites for hydroxylation is 1. The Morgan fingerprint density at radius 2 is 2.00 bits per heavy atom. The highest BCUT2D eigenvalue weighted by Crippen LogP contribution is 2.22. The first-order valence-electron chi connectivity index (χ1n) is 8.98. The Kier molecular flexibility index (Phi) is 5.76. The van der Waals surface area contributed by atoms with Gasteiger partial charge in [0, 0.05) is 37.8 Å². The molecule has 2 aromatic rings. The van der Waals surface area contributed by atoms with Crippen molar-refractivity contribution in [2.24, 2.45) is 0 Å². The lowest BCUT2D eigenvalue weighted by molar-refractivity contribution is -0.134. The second-order valence-electron chi connectivity index (χ2n) is 6.92. The van der Waals surface area contributed by atoms with Gasteiger partial charge in [0.15, 0.2) is 9.84 Å². The van der Waals surface area contributed by atoms with E-state index in [1.54, 1.807) is 36.8 Å². The summed E-state index contributed by atoms with van der Waals surface area (Å²) in [6.07, 6.45) is 11.2. The number of hydrogen-bond donors (Lipinski definition) is 0. The van der Waals surface area contributed by atoms with Crippen LogP contribution in [0.2, 0.25) is 0 Å². The Morgan fingerprint density at radius 1 is 1.23 bits per heavy atom. The van der Waals surface area contributed by atoms with Gasteiger partial charge < -0.3 is 9.47 Å². The fraction of sp³-hybridized carbons (Fsp3) is 0.474. The zero-order chi connectivity index (χ0) is 18.6. The van der Waals surface area contributed by atoms with Gasteiger partial charge in [-0.05, 0) is 43.4 Å². The van der Waals surface area contributed by atoms with Crippen LogP contribution < -0.4 is 0 Å². The minimum Gasteiger partial charge on any atom is -0.339 e. The first kappa shape index (κ1) is 18.6. The molecule has 1 aliphatic heterocycles. The molecule has 1 fully saturated rings. The van der Waals surface area contributed by atoms with Crippen LogP contribution in [0.15, 0.2) is 47.9 Å². The van der Waals surface area contributed by atoms with Crippen LogP contribution in [0.5, 0.6) is 0 Å². The van der Waals surface area contributed by atoms with E-state index in [2.05, 4.69) is 4.98 Å². The standard InChI is InChI=1S/C19H25N3O3S/c1-26(24,25)18-7-5-16(6-8-18)14-19(23)22-11-3-2-4-17(22)9-12-21-13-10-20-15-21/h5-8,10,13,15,17H,2-4,9,11-12,14H2,1H3. The van der Waals surface area contributed by atoms with Gasteiger partial charge in [-0.1, -0.05) is 12.1 Å². The number of carbonyl (C=O) groups is 1. The summed E-state index contributed by atoms with van der Waals surface area (Å²) in [7, 11) is -3.21. The van der Waals surface area contributed by atoms with E-state index in [1.165, 1.54) is 6.26 Å².